The van der Waals surface area contributed by atoms with Gasteiger partial charge < -0.3 is 5.32 Å². The van der Waals surface area contributed by atoms with Gasteiger partial charge >= 0.3 is 0 Å². The van der Waals surface area contributed by atoms with Crippen LogP contribution in [-0.4, -0.2) is 12.6 Å². The van der Waals surface area contributed by atoms with E-state index in [-0.39, 0.29) is 0 Å². The molecule has 1 nitrogen and oxygen atoms in total. The molecule has 0 radical (unpaired) electrons. The normalized spacial score (nSPS) is 18.7. The van der Waals surface area contributed by atoms with Crippen LogP contribution in [0.25, 0.3) is 0 Å². The molecule has 2 rings (SSSR count). The Morgan fingerprint density at radius 2 is 2.40 bits per heavy atom. The maximum atomic E-state index is 3.72. The molecule has 1 N–H and O–H groups in total. The van der Waals surface area contributed by atoms with Crippen molar-refractivity contribution in [2.24, 2.45) is 5.92 Å². The predicted molar refractivity (Wildman–Crippen MR) is 67.4 cm³/mol. The third kappa shape index (κ3) is 3.05. The second kappa shape index (κ2) is 5.66. The van der Waals surface area contributed by atoms with Crippen LogP contribution in [0.3, 0.4) is 0 Å². The molecule has 1 aromatic rings. The minimum atomic E-state index is 0.734. The van der Waals surface area contributed by atoms with Crippen LogP contribution in [0.5, 0.6) is 0 Å². The van der Waals surface area contributed by atoms with Crippen LogP contribution in [0.4, 0.5) is 0 Å². The van der Waals surface area contributed by atoms with Gasteiger partial charge in [0.1, 0.15) is 0 Å². The first-order chi connectivity index (χ1) is 7.40. The van der Waals surface area contributed by atoms with E-state index >= 15 is 0 Å². The van der Waals surface area contributed by atoms with Crippen LogP contribution in [0, 0.1) is 5.92 Å². The maximum absolute atomic E-state index is 3.72. The molecule has 0 aromatic carbocycles. The monoisotopic (exact) mass is 223 g/mol. The maximum Gasteiger partial charge on any atom is 0.0144 e. The van der Waals surface area contributed by atoms with Crippen molar-refractivity contribution in [3.8, 4) is 0 Å². The summed E-state index contributed by atoms with van der Waals surface area (Å²) in [7, 11) is 0. The summed E-state index contributed by atoms with van der Waals surface area (Å²) < 4.78 is 0. The molecule has 1 heterocycles. The molecule has 1 aromatic heterocycles. The molecule has 0 amide bonds. The van der Waals surface area contributed by atoms with Gasteiger partial charge in [-0.25, -0.2) is 0 Å². The van der Waals surface area contributed by atoms with Gasteiger partial charge in [-0.15, -0.1) is 11.3 Å². The summed E-state index contributed by atoms with van der Waals surface area (Å²) in [4.78, 5) is 1.54. The Morgan fingerprint density at radius 1 is 1.53 bits per heavy atom. The number of nitrogens with one attached hydrogen (secondary N) is 1. The topological polar surface area (TPSA) is 12.0 Å². The van der Waals surface area contributed by atoms with Crippen LogP contribution >= 0.6 is 11.3 Å². The Balaban J connectivity index is 1.86. The van der Waals surface area contributed by atoms with E-state index in [4.69, 9.17) is 0 Å². The number of thiophene rings is 1. The fourth-order valence-electron chi connectivity index (χ4n) is 2.22. The molecule has 15 heavy (non-hydrogen) atoms. The Morgan fingerprint density at radius 3 is 2.93 bits per heavy atom. The zero-order valence-electron chi connectivity index (χ0n) is 9.54. The summed E-state index contributed by atoms with van der Waals surface area (Å²) in [5.41, 5.74) is 0. The van der Waals surface area contributed by atoms with Crippen LogP contribution in [0.1, 0.15) is 37.5 Å². The first kappa shape index (κ1) is 11.2. The molecule has 2 heteroatoms. The Bertz CT molecular complexity index is 264. The number of rotatable bonds is 6. The molecular weight excluding hydrogens is 202 g/mol. The third-order valence-electron chi connectivity index (χ3n) is 3.38. The molecule has 0 saturated heterocycles. The SMILES string of the molecule is CCCNC(Cc1cccs1)C1CCC1. The van der Waals surface area contributed by atoms with Crippen molar-refractivity contribution in [3.05, 3.63) is 22.4 Å². The molecule has 0 aliphatic heterocycles. The highest BCUT2D eigenvalue weighted by Crippen LogP contribution is 2.31. The zero-order chi connectivity index (χ0) is 10.5. The molecule has 1 aliphatic carbocycles. The summed E-state index contributed by atoms with van der Waals surface area (Å²) in [6, 6.07) is 5.17. The predicted octanol–water partition coefficient (Wildman–Crippen LogP) is 3.46. The van der Waals surface area contributed by atoms with Crippen LogP contribution < -0.4 is 5.32 Å². The molecule has 84 valence electrons. The highest BCUT2D eigenvalue weighted by atomic mass is 32.1. The minimum Gasteiger partial charge on any atom is -0.313 e. The van der Waals surface area contributed by atoms with Gasteiger partial charge in [0, 0.05) is 10.9 Å². The molecular formula is C13H21NS. The second-order valence-corrected chi connectivity index (χ2v) is 5.57. The summed E-state index contributed by atoms with van der Waals surface area (Å²) in [5, 5.41) is 5.90. The molecule has 1 saturated carbocycles. The lowest BCUT2D eigenvalue weighted by Gasteiger charge is -2.34. The molecule has 0 bridgehead atoms. The van der Waals surface area contributed by atoms with Gasteiger partial charge in [0.15, 0.2) is 0 Å². The average Bonchev–Trinajstić information content (AvgIpc) is 2.64. The fourth-order valence-corrected chi connectivity index (χ4v) is 2.99. The molecule has 1 fully saturated rings. The van der Waals surface area contributed by atoms with Crippen molar-refractivity contribution in [1.82, 2.24) is 5.32 Å². The van der Waals surface area contributed by atoms with Gasteiger partial charge in [-0.05, 0) is 49.6 Å². The number of hydrogen-bond donors (Lipinski definition) is 1. The second-order valence-electron chi connectivity index (χ2n) is 4.54. The van der Waals surface area contributed by atoms with E-state index in [9.17, 15) is 0 Å². The summed E-state index contributed by atoms with van der Waals surface area (Å²) >= 11 is 1.90. The van der Waals surface area contributed by atoms with Crippen molar-refractivity contribution in [2.75, 3.05) is 6.54 Å². The lowest BCUT2D eigenvalue weighted by molar-refractivity contribution is 0.228. The van der Waals surface area contributed by atoms with E-state index in [1.807, 2.05) is 11.3 Å². The van der Waals surface area contributed by atoms with Crippen LogP contribution in [0.15, 0.2) is 17.5 Å². The van der Waals surface area contributed by atoms with Gasteiger partial charge in [-0.2, -0.15) is 0 Å². The van der Waals surface area contributed by atoms with Gasteiger partial charge in [0.2, 0.25) is 0 Å². The Labute approximate surface area is 96.9 Å². The lowest BCUT2D eigenvalue weighted by atomic mass is 9.78. The van der Waals surface area contributed by atoms with Crippen molar-refractivity contribution < 1.29 is 0 Å². The molecule has 1 unspecified atom stereocenters. The summed E-state index contributed by atoms with van der Waals surface area (Å²) in [6.45, 7) is 3.42. The van der Waals surface area contributed by atoms with Crippen LogP contribution in [0.2, 0.25) is 0 Å². The lowest BCUT2D eigenvalue weighted by Crippen LogP contribution is -2.41. The van der Waals surface area contributed by atoms with E-state index < -0.39 is 0 Å². The van der Waals surface area contributed by atoms with E-state index in [0.717, 1.165) is 12.0 Å². The van der Waals surface area contributed by atoms with Crippen LogP contribution in [-0.2, 0) is 6.42 Å². The van der Waals surface area contributed by atoms with E-state index in [2.05, 4.69) is 29.8 Å². The van der Waals surface area contributed by atoms with Gasteiger partial charge in [-0.3, -0.25) is 0 Å². The van der Waals surface area contributed by atoms with E-state index in [1.165, 1.54) is 43.5 Å². The van der Waals surface area contributed by atoms with Crippen molar-refractivity contribution in [1.29, 1.82) is 0 Å². The molecule has 1 atom stereocenters. The quantitative estimate of drug-likeness (QED) is 0.779. The number of hydrogen-bond acceptors (Lipinski definition) is 2. The highest BCUT2D eigenvalue weighted by molar-refractivity contribution is 7.09. The zero-order valence-corrected chi connectivity index (χ0v) is 10.4. The van der Waals surface area contributed by atoms with Gasteiger partial charge in [-0.1, -0.05) is 19.4 Å². The fraction of sp³-hybridized carbons (Fsp3) is 0.692. The first-order valence-corrected chi connectivity index (χ1v) is 7.04. The van der Waals surface area contributed by atoms with E-state index in [0.29, 0.717) is 0 Å². The van der Waals surface area contributed by atoms with Crippen molar-refractivity contribution in [2.45, 2.75) is 45.1 Å². The van der Waals surface area contributed by atoms with E-state index in [1.54, 1.807) is 0 Å². The smallest absolute Gasteiger partial charge is 0.0144 e. The standard InChI is InChI=1S/C13H21NS/c1-2-8-14-13(11-5-3-6-11)10-12-7-4-9-15-12/h4,7,9,11,13-14H,2-3,5-6,8,10H2,1H3. The first-order valence-electron chi connectivity index (χ1n) is 6.16. The van der Waals surface area contributed by atoms with Crippen molar-refractivity contribution in [3.63, 3.8) is 0 Å². The average molecular weight is 223 g/mol. The third-order valence-corrected chi connectivity index (χ3v) is 4.28. The minimum absolute atomic E-state index is 0.734. The Kier molecular flexibility index (Phi) is 4.21. The van der Waals surface area contributed by atoms with Gasteiger partial charge in [0.25, 0.3) is 0 Å². The summed E-state index contributed by atoms with van der Waals surface area (Å²) in [6.07, 6.45) is 6.80. The molecule has 1 aliphatic rings. The van der Waals surface area contributed by atoms with Gasteiger partial charge in [0.05, 0.1) is 0 Å². The highest BCUT2D eigenvalue weighted by Gasteiger charge is 2.26. The summed E-state index contributed by atoms with van der Waals surface area (Å²) in [5.74, 6) is 0.943. The Hall–Kier alpha value is -0.340. The molecule has 0 spiro atoms. The van der Waals surface area contributed by atoms with Crippen molar-refractivity contribution >= 4 is 11.3 Å². The largest absolute Gasteiger partial charge is 0.313 e.